The zero-order valence-electron chi connectivity index (χ0n) is 7.66. The Labute approximate surface area is 72.2 Å². The van der Waals surface area contributed by atoms with E-state index in [1.54, 1.807) is 0 Å². The smallest absolute Gasteiger partial charge is 0.325 e. The van der Waals surface area contributed by atoms with Crippen LogP contribution in [0.3, 0.4) is 0 Å². The second-order valence-electron chi connectivity index (χ2n) is 3.06. The van der Waals surface area contributed by atoms with Crippen LogP contribution < -0.4 is 5.32 Å². The Bertz CT molecular complexity index is 172. The van der Waals surface area contributed by atoms with Crippen LogP contribution in [0.15, 0.2) is 0 Å². The van der Waals surface area contributed by atoms with E-state index in [-0.39, 0.29) is 24.2 Å². The summed E-state index contributed by atoms with van der Waals surface area (Å²) >= 11 is 0. The van der Waals surface area contributed by atoms with E-state index in [1.165, 1.54) is 7.11 Å². The number of hydrogen-bond donors (Lipinski definition) is 1. The lowest BCUT2D eigenvalue weighted by atomic mass is 10.1. The molecule has 0 saturated carbocycles. The van der Waals surface area contributed by atoms with E-state index < -0.39 is 0 Å². The molecule has 0 aliphatic carbocycles. The Morgan fingerprint density at radius 1 is 1.58 bits per heavy atom. The quantitative estimate of drug-likeness (QED) is 0.564. The molecule has 1 unspecified atom stereocenters. The Morgan fingerprint density at radius 2 is 2.25 bits per heavy atom. The van der Waals surface area contributed by atoms with Crippen molar-refractivity contribution in [3.63, 3.8) is 0 Å². The van der Waals surface area contributed by atoms with Crippen molar-refractivity contribution in [3.05, 3.63) is 0 Å². The van der Waals surface area contributed by atoms with Gasteiger partial charge in [-0.1, -0.05) is 0 Å². The fourth-order valence-electron chi connectivity index (χ4n) is 1.35. The van der Waals surface area contributed by atoms with Crippen molar-refractivity contribution in [1.82, 2.24) is 5.32 Å². The maximum Gasteiger partial charge on any atom is 0.325 e. The lowest BCUT2D eigenvalue weighted by Gasteiger charge is -2.32. The van der Waals surface area contributed by atoms with Gasteiger partial charge < -0.3 is 9.47 Å². The molecule has 1 saturated heterocycles. The molecule has 4 heteroatoms. The van der Waals surface area contributed by atoms with Crippen LogP contribution in [-0.2, 0) is 14.3 Å². The highest BCUT2D eigenvalue weighted by molar-refractivity contribution is 5.76. The van der Waals surface area contributed by atoms with Gasteiger partial charge in [-0.3, -0.25) is 10.1 Å². The van der Waals surface area contributed by atoms with Crippen LogP contribution in [0.2, 0.25) is 0 Å². The van der Waals surface area contributed by atoms with Gasteiger partial charge in [-0.05, 0) is 13.8 Å². The summed E-state index contributed by atoms with van der Waals surface area (Å²) in [6.45, 7) is 4.53. The number of methoxy groups -OCH3 is 1. The summed E-state index contributed by atoms with van der Waals surface area (Å²) in [5.41, 5.74) is 0. The third-order valence-corrected chi connectivity index (χ3v) is 2.00. The Morgan fingerprint density at radius 3 is 2.75 bits per heavy atom. The number of hydrogen-bond acceptors (Lipinski definition) is 4. The van der Waals surface area contributed by atoms with E-state index >= 15 is 0 Å². The molecule has 1 fully saturated rings. The number of esters is 1. The Kier molecular flexibility index (Phi) is 3.05. The molecule has 0 amide bonds. The largest absolute Gasteiger partial charge is 0.468 e. The first-order valence-electron chi connectivity index (χ1n) is 4.12. The molecule has 1 aliphatic heterocycles. The first kappa shape index (κ1) is 9.48. The van der Waals surface area contributed by atoms with Crippen LogP contribution in [0.1, 0.15) is 13.8 Å². The fraction of sp³-hybridized carbons (Fsp3) is 0.875. The summed E-state index contributed by atoms with van der Waals surface area (Å²) in [5, 5.41) is 3.07. The van der Waals surface area contributed by atoms with Gasteiger partial charge in [0.25, 0.3) is 0 Å². The first-order valence-corrected chi connectivity index (χ1v) is 4.12. The summed E-state index contributed by atoms with van der Waals surface area (Å²) in [5.74, 6) is -0.255. The first-order chi connectivity index (χ1) is 5.65. The van der Waals surface area contributed by atoms with Crippen molar-refractivity contribution in [2.75, 3.05) is 13.7 Å². The topological polar surface area (TPSA) is 47.6 Å². The van der Waals surface area contributed by atoms with E-state index in [4.69, 9.17) is 4.74 Å². The molecule has 1 heterocycles. The number of ether oxygens (including phenoxy) is 2. The van der Waals surface area contributed by atoms with Crippen LogP contribution in [0.4, 0.5) is 0 Å². The average Bonchev–Trinajstić information content (AvgIpc) is 2.03. The van der Waals surface area contributed by atoms with E-state index in [1.807, 2.05) is 13.8 Å². The van der Waals surface area contributed by atoms with E-state index in [0.717, 1.165) is 0 Å². The van der Waals surface area contributed by atoms with Crippen LogP contribution in [0.5, 0.6) is 0 Å². The molecule has 1 rings (SSSR count). The second-order valence-corrected chi connectivity index (χ2v) is 3.06. The van der Waals surface area contributed by atoms with Gasteiger partial charge in [-0.25, -0.2) is 0 Å². The zero-order valence-corrected chi connectivity index (χ0v) is 7.66. The zero-order chi connectivity index (χ0) is 9.14. The van der Waals surface area contributed by atoms with Crippen LogP contribution >= 0.6 is 0 Å². The van der Waals surface area contributed by atoms with E-state index in [0.29, 0.717) is 6.54 Å². The van der Waals surface area contributed by atoms with Crippen molar-refractivity contribution in [2.24, 2.45) is 0 Å². The minimum absolute atomic E-state index is 0.110. The van der Waals surface area contributed by atoms with E-state index in [2.05, 4.69) is 10.1 Å². The minimum Gasteiger partial charge on any atom is -0.468 e. The van der Waals surface area contributed by atoms with Crippen LogP contribution in [0.25, 0.3) is 0 Å². The molecule has 0 aromatic rings. The minimum atomic E-state index is -0.314. The second kappa shape index (κ2) is 3.87. The third kappa shape index (κ3) is 1.95. The predicted octanol–water partition coefficient (Wildman–Crippen LogP) is -0.0752. The molecule has 0 spiro atoms. The maximum absolute atomic E-state index is 11.1. The van der Waals surface area contributed by atoms with Gasteiger partial charge >= 0.3 is 5.97 Å². The molecule has 4 nitrogen and oxygen atoms in total. The van der Waals surface area contributed by atoms with Crippen molar-refractivity contribution in [3.8, 4) is 0 Å². The predicted molar refractivity (Wildman–Crippen MR) is 43.8 cm³/mol. The molecular weight excluding hydrogens is 158 g/mol. The summed E-state index contributed by atoms with van der Waals surface area (Å²) in [6.07, 6.45) is 0.0575. The number of carbonyl (C=O) groups is 1. The Balaban J connectivity index is 2.50. The third-order valence-electron chi connectivity index (χ3n) is 2.00. The molecule has 12 heavy (non-hydrogen) atoms. The summed E-state index contributed by atoms with van der Waals surface area (Å²) in [6, 6.07) is -0.314. The molecule has 1 N–H and O–H groups in total. The van der Waals surface area contributed by atoms with Gasteiger partial charge in [-0.15, -0.1) is 0 Å². The van der Waals surface area contributed by atoms with Gasteiger partial charge in [0.05, 0.1) is 19.3 Å². The Hall–Kier alpha value is -0.610. The summed E-state index contributed by atoms with van der Waals surface area (Å²) in [4.78, 5) is 11.1. The molecule has 0 radical (unpaired) electrons. The van der Waals surface area contributed by atoms with Crippen molar-refractivity contribution in [1.29, 1.82) is 0 Å². The van der Waals surface area contributed by atoms with Crippen molar-refractivity contribution >= 4 is 5.97 Å². The summed E-state index contributed by atoms with van der Waals surface area (Å²) < 4.78 is 10.1. The molecule has 1 aliphatic rings. The summed E-state index contributed by atoms with van der Waals surface area (Å²) in [7, 11) is 1.38. The monoisotopic (exact) mass is 173 g/mol. The van der Waals surface area contributed by atoms with Crippen LogP contribution in [0, 0.1) is 0 Å². The van der Waals surface area contributed by atoms with Gasteiger partial charge in [0.1, 0.15) is 6.04 Å². The van der Waals surface area contributed by atoms with Gasteiger partial charge in [0, 0.05) is 6.54 Å². The maximum atomic E-state index is 11.1. The molecule has 3 atom stereocenters. The molecule has 70 valence electrons. The number of nitrogens with one attached hydrogen (secondary N) is 1. The number of rotatable bonds is 1. The van der Waals surface area contributed by atoms with Crippen molar-refractivity contribution < 1.29 is 14.3 Å². The SMILES string of the molecule is COC(=O)C1NC[C@@H](C)O[C@@H]1C. The average molecular weight is 173 g/mol. The number of morpholine rings is 1. The molecule has 0 bridgehead atoms. The fourth-order valence-corrected chi connectivity index (χ4v) is 1.35. The molecule has 0 aromatic carbocycles. The van der Waals surface area contributed by atoms with E-state index in [9.17, 15) is 4.79 Å². The molecule has 0 aromatic heterocycles. The highest BCUT2D eigenvalue weighted by Crippen LogP contribution is 2.09. The normalized spacial score (nSPS) is 36.1. The lowest BCUT2D eigenvalue weighted by Crippen LogP contribution is -2.54. The van der Waals surface area contributed by atoms with Crippen molar-refractivity contribution in [2.45, 2.75) is 32.1 Å². The standard InChI is InChI=1S/C8H15NO3/c1-5-4-9-7(6(2)12-5)8(10)11-3/h5-7,9H,4H2,1-3H3/t5-,6-,7?/m1/s1. The van der Waals surface area contributed by atoms with Gasteiger partial charge in [0.15, 0.2) is 0 Å². The highest BCUT2D eigenvalue weighted by atomic mass is 16.5. The highest BCUT2D eigenvalue weighted by Gasteiger charge is 2.31. The number of carbonyl (C=O) groups excluding carboxylic acids is 1. The van der Waals surface area contributed by atoms with Gasteiger partial charge in [0.2, 0.25) is 0 Å². The molecular formula is C8H15NO3. The van der Waals surface area contributed by atoms with Gasteiger partial charge in [-0.2, -0.15) is 0 Å². The van der Waals surface area contributed by atoms with Crippen LogP contribution in [-0.4, -0.2) is 37.9 Å². The lowest BCUT2D eigenvalue weighted by molar-refractivity contribution is -0.151.